The fourth-order valence-corrected chi connectivity index (χ4v) is 1.86. The summed E-state index contributed by atoms with van der Waals surface area (Å²) in [6.07, 6.45) is 0. The van der Waals surface area contributed by atoms with Gasteiger partial charge in [0.2, 0.25) is 0 Å². The maximum Gasteiger partial charge on any atom is 0.335 e. The summed E-state index contributed by atoms with van der Waals surface area (Å²) in [6, 6.07) is 4.37. The van der Waals surface area contributed by atoms with E-state index in [4.69, 9.17) is 24.1 Å². The van der Waals surface area contributed by atoms with Crippen molar-refractivity contribution in [2.24, 2.45) is 0 Å². The van der Waals surface area contributed by atoms with Crippen LogP contribution in [-0.4, -0.2) is 36.9 Å². The van der Waals surface area contributed by atoms with Gasteiger partial charge in [0, 0.05) is 28.1 Å². The highest BCUT2D eigenvalue weighted by Gasteiger charge is 2.54. The molecule has 1 heterocycles. The number of rotatable bonds is 3. The van der Waals surface area contributed by atoms with Crippen molar-refractivity contribution in [3.05, 3.63) is 23.8 Å². The van der Waals surface area contributed by atoms with E-state index < -0.39 is 17.5 Å². The fraction of sp³-hybridized carbons (Fsp3) is 0.462. The molecule has 0 radical (unpaired) electrons. The highest BCUT2D eigenvalue weighted by Crippen LogP contribution is 2.44. The van der Waals surface area contributed by atoms with Crippen LogP contribution in [0.5, 0.6) is 11.5 Å². The van der Waals surface area contributed by atoms with Crippen LogP contribution < -0.4 is 9.47 Å². The Morgan fingerprint density at radius 2 is 1.63 bits per heavy atom. The molecule has 2 atom stereocenters. The zero-order valence-electron chi connectivity index (χ0n) is 11.2. The Bertz CT molecular complexity index is 514. The topological polar surface area (TPSA) is 74.2 Å². The molecule has 6 nitrogen and oxygen atoms in total. The zero-order chi connectivity index (χ0) is 14.3. The third kappa shape index (κ3) is 2.02. The van der Waals surface area contributed by atoms with Crippen molar-refractivity contribution in [2.75, 3.05) is 14.2 Å². The minimum atomic E-state index is -1.19. The van der Waals surface area contributed by atoms with Crippen LogP contribution in [0.1, 0.15) is 24.2 Å². The molecule has 0 unspecified atom stereocenters. The van der Waals surface area contributed by atoms with Crippen LogP contribution in [0.2, 0.25) is 0 Å². The number of carboxylic acid groups (broad SMARTS) is 1. The standard InChI is InChI=1S/C13H16O6/c1-12(16-3)13(2,17-4)19-10-7-8(11(14)15)5-6-9(10)18-12/h5-7H,1-4H3,(H,14,15)/t12-,13-/m0/s1. The Morgan fingerprint density at radius 3 is 2.11 bits per heavy atom. The first-order valence-electron chi connectivity index (χ1n) is 5.71. The Hall–Kier alpha value is -1.79. The number of benzene rings is 1. The van der Waals surface area contributed by atoms with Crippen molar-refractivity contribution >= 4 is 5.97 Å². The largest absolute Gasteiger partial charge is 0.478 e. The van der Waals surface area contributed by atoms with E-state index >= 15 is 0 Å². The highest BCUT2D eigenvalue weighted by atomic mass is 16.8. The van der Waals surface area contributed by atoms with Crippen LogP contribution in [0, 0.1) is 0 Å². The summed E-state index contributed by atoms with van der Waals surface area (Å²) < 4.78 is 22.1. The van der Waals surface area contributed by atoms with Crippen molar-refractivity contribution in [1.82, 2.24) is 0 Å². The molecule has 0 bridgehead atoms. The first kappa shape index (κ1) is 13.6. The van der Waals surface area contributed by atoms with E-state index in [0.717, 1.165) is 0 Å². The molecular weight excluding hydrogens is 252 g/mol. The third-order valence-electron chi connectivity index (χ3n) is 3.40. The van der Waals surface area contributed by atoms with Crippen LogP contribution >= 0.6 is 0 Å². The summed E-state index contributed by atoms with van der Waals surface area (Å²) >= 11 is 0. The van der Waals surface area contributed by atoms with Gasteiger partial charge in [0.1, 0.15) is 0 Å². The van der Waals surface area contributed by atoms with Crippen LogP contribution in [0.25, 0.3) is 0 Å². The first-order valence-corrected chi connectivity index (χ1v) is 5.71. The predicted octanol–water partition coefficient (Wildman–Crippen LogP) is 1.88. The molecule has 1 aromatic carbocycles. The van der Waals surface area contributed by atoms with Crippen molar-refractivity contribution in [3.8, 4) is 11.5 Å². The average Bonchev–Trinajstić information content (AvgIpc) is 2.39. The van der Waals surface area contributed by atoms with Gasteiger partial charge >= 0.3 is 5.97 Å². The highest BCUT2D eigenvalue weighted by molar-refractivity contribution is 5.88. The molecule has 0 spiro atoms. The van der Waals surface area contributed by atoms with Crippen molar-refractivity contribution in [2.45, 2.75) is 25.4 Å². The summed E-state index contributed by atoms with van der Waals surface area (Å²) in [5, 5.41) is 8.97. The second-order valence-electron chi connectivity index (χ2n) is 4.47. The van der Waals surface area contributed by atoms with E-state index in [1.807, 2.05) is 0 Å². The molecule has 0 fully saturated rings. The molecule has 6 heteroatoms. The molecular formula is C13H16O6. The lowest BCUT2D eigenvalue weighted by Gasteiger charge is -2.46. The van der Waals surface area contributed by atoms with E-state index in [1.54, 1.807) is 13.8 Å². The Kier molecular flexibility index (Phi) is 3.15. The Morgan fingerprint density at radius 1 is 1.11 bits per heavy atom. The van der Waals surface area contributed by atoms with Crippen molar-refractivity contribution in [3.63, 3.8) is 0 Å². The number of hydrogen-bond acceptors (Lipinski definition) is 5. The molecule has 1 aliphatic rings. The number of carboxylic acids is 1. The first-order chi connectivity index (χ1) is 8.85. The molecule has 104 valence electrons. The summed E-state index contributed by atoms with van der Waals surface area (Å²) in [5.74, 6) is -2.65. The van der Waals surface area contributed by atoms with E-state index in [1.165, 1.54) is 32.4 Å². The Balaban J connectivity index is 2.48. The summed E-state index contributed by atoms with van der Waals surface area (Å²) in [4.78, 5) is 10.9. The molecule has 0 aromatic heterocycles. The van der Waals surface area contributed by atoms with Gasteiger partial charge in [-0.2, -0.15) is 0 Å². The van der Waals surface area contributed by atoms with E-state index in [2.05, 4.69) is 0 Å². The zero-order valence-corrected chi connectivity index (χ0v) is 11.2. The fourth-order valence-electron chi connectivity index (χ4n) is 1.86. The van der Waals surface area contributed by atoms with Gasteiger partial charge in [-0.1, -0.05) is 0 Å². The second kappa shape index (κ2) is 4.40. The maximum atomic E-state index is 10.9. The number of ether oxygens (including phenoxy) is 4. The van der Waals surface area contributed by atoms with E-state index in [-0.39, 0.29) is 5.56 Å². The minimum absolute atomic E-state index is 0.113. The molecule has 2 rings (SSSR count). The van der Waals surface area contributed by atoms with Gasteiger partial charge < -0.3 is 24.1 Å². The second-order valence-corrected chi connectivity index (χ2v) is 4.47. The van der Waals surface area contributed by atoms with E-state index in [0.29, 0.717) is 11.5 Å². The number of fused-ring (bicyclic) bond motifs is 1. The average molecular weight is 268 g/mol. The van der Waals surface area contributed by atoms with Crippen LogP contribution in [0.15, 0.2) is 18.2 Å². The van der Waals surface area contributed by atoms with Gasteiger partial charge in [-0.05, 0) is 18.2 Å². The SMILES string of the molecule is CO[C@@]1(C)Oc2ccc(C(=O)O)cc2O[C@]1(C)OC. The molecule has 19 heavy (non-hydrogen) atoms. The summed E-state index contributed by atoms with van der Waals surface area (Å²) in [7, 11) is 2.95. The number of hydrogen-bond donors (Lipinski definition) is 1. The lowest BCUT2D eigenvalue weighted by atomic mass is 10.1. The number of aromatic carboxylic acids is 1. The molecule has 0 saturated heterocycles. The van der Waals surface area contributed by atoms with Crippen molar-refractivity contribution in [1.29, 1.82) is 0 Å². The summed E-state index contributed by atoms with van der Waals surface area (Å²) in [6.45, 7) is 3.34. The number of methoxy groups -OCH3 is 2. The lowest BCUT2D eigenvalue weighted by molar-refractivity contribution is -0.345. The van der Waals surface area contributed by atoms with Crippen LogP contribution in [0.4, 0.5) is 0 Å². The Labute approximate surface area is 110 Å². The lowest BCUT2D eigenvalue weighted by Crippen LogP contribution is -2.62. The number of carbonyl (C=O) groups is 1. The van der Waals surface area contributed by atoms with Gasteiger partial charge in [-0.25, -0.2) is 4.79 Å². The maximum absolute atomic E-state index is 10.9. The van der Waals surface area contributed by atoms with Gasteiger partial charge in [-0.3, -0.25) is 0 Å². The van der Waals surface area contributed by atoms with Crippen LogP contribution in [0.3, 0.4) is 0 Å². The monoisotopic (exact) mass is 268 g/mol. The normalized spacial score (nSPS) is 29.1. The van der Waals surface area contributed by atoms with Crippen LogP contribution in [-0.2, 0) is 9.47 Å². The van der Waals surface area contributed by atoms with Gasteiger partial charge in [0.15, 0.2) is 11.5 Å². The molecule has 1 aliphatic heterocycles. The molecule has 1 N–H and O–H groups in total. The quantitative estimate of drug-likeness (QED) is 0.902. The van der Waals surface area contributed by atoms with Gasteiger partial charge in [-0.15, -0.1) is 0 Å². The molecule has 0 aliphatic carbocycles. The van der Waals surface area contributed by atoms with E-state index in [9.17, 15) is 4.79 Å². The van der Waals surface area contributed by atoms with Gasteiger partial charge in [0.05, 0.1) is 5.56 Å². The molecule has 0 amide bonds. The molecule has 0 saturated carbocycles. The molecule has 1 aromatic rings. The smallest absolute Gasteiger partial charge is 0.335 e. The van der Waals surface area contributed by atoms with Gasteiger partial charge in [0.25, 0.3) is 11.6 Å². The summed E-state index contributed by atoms with van der Waals surface area (Å²) in [5.41, 5.74) is 0.113. The predicted molar refractivity (Wildman–Crippen MR) is 65.5 cm³/mol. The third-order valence-corrected chi connectivity index (χ3v) is 3.40. The minimum Gasteiger partial charge on any atom is -0.478 e. The van der Waals surface area contributed by atoms with Crippen molar-refractivity contribution < 1.29 is 28.8 Å².